The van der Waals surface area contributed by atoms with Gasteiger partial charge in [0.1, 0.15) is 5.75 Å². The molecule has 0 heterocycles. The molecule has 0 saturated heterocycles. The Balaban J connectivity index is 3.44. The van der Waals surface area contributed by atoms with Crippen LogP contribution in [0.1, 0.15) is 85.4 Å². The molecule has 1 aromatic carbocycles. The van der Waals surface area contributed by atoms with E-state index >= 15 is 0 Å². The number of phenols is 1. The third-order valence-electron chi connectivity index (χ3n) is 4.41. The van der Waals surface area contributed by atoms with E-state index in [-0.39, 0.29) is 10.8 Å². The summed E-state index contributed by atoms with van der Waals surface area (Å²) in [5.74, 6) is 0.874. The number of aliphatic imine (C=N–C) groups is 1. The molecule has 1 N–H and O–H groups in total. The average Bonchev–Trinajstić information content (AvgIpc) is 2.37. The Labute approximate surface area is 143 Å². The van der Waals surface area contributed by atoms with E-state index in [2.05, 4.69) is 74.4 Å². The Morgan fingerprint density at radius 3 is 2.00 bits per heavy atom. The molecular formula is C21H35NO. The molecule has 0 aliphatic rings. The lowest BCUT2D eigenvalue weighted by molar-refractivity contribution is 0.443. The van der Waals surface area contributed by atoms with Gasteiger partial charge < -0.3 is 5.11 Å². The number of benzene rings is 1. The second-order valence-corrected chi connectivity index (χ2v) is 8.96. The molecule has 1 atom stereocenters. The molecule has 2 nitrogen and oxygen atoms in total. The summed E-state index contributed by atoms with van der Waals surface area (Å²) in [5.41, 5.74) is 3.00. The zero-order chi connectivity index (χ0) is 18.0. The number of rotatable bonds is 4. The van der Waals surface area contributed by atoms with Gasteiger partial charge in [-0.05, 0) is 34.8 Å². The third-order valence-corrected chi connectivity index (χ3v) is 4.41. The lowest BCUT2D eigenvalue weighted by atomic mass is 9.79. The van der Waals surface area contributed by atoms with Crippen LogP contribution in [0, 0.1) is 5.92 Å². The Hall–Kier alpha value is -1.31. The molecule has 0 fully saturated rings. The first-order valence-corrected chi connectivity index (χ1v) is 8.79. The van der Waals surface area contributed by atoms with Gasteiger partial charge in [0.2, 0.25) is 0 Å². The van der Waals surface area contributed by atoms with Gasteiger partial charge in [-0.25, -0.2) is 0 Å². The summed E-state index contributed by atoms with van der Waals surface area (Å²) in [4.78, 5) is 4.73. The van der Waals surface area contributed by atoms with E-state index in [0.717, 1.165) is 17.5 Å². The van der Waals surface area contributed by atoms with Crippen molar-refractivity contribution in [1.82, 2.24) is 0 Å². The first-order valence-electron chi connectivity index (χ1n) is 8.79. The summed E-state index contributed by atoms with van der Waals surface area (Å²) in [6.45, 7) is 19.6. The molecule has 1 rings (SSSR count). The summed E-state index contributed by atoms with van der Waals surface area (Å²) in [5, 5.41) is 10.7. The Morgan fingerprint density at radius 2 is 1.61 bits per heavy atom. The molecular weight excluding hydrogens is 282 g/mol. The monoisotopic (exact) mass is 317 g/mol. The summed E-state index contributed by atoms with van der Waals surface area (Å²) >= 11 is 0. The van der Waals surface area contributed by atoms with Crippen LogP contribution in [0.5, 0.6) is 5.75 Å². The molecule has 0 aliphatic heterocycles. The van der Waals surface area contributed by atoms with Crippen LogP contribution in [0.15, 0.2) is 17.1 Å². The highest BCUT2D eigenvalue weighted by Crippen LogP contribution is 2.37. The molecule has 1 aromatic rings. The topological polar surface area (TPSA) is 32.6 Å². The van der Waals surface area contributed by atoms with Crippen molar-refractivity contribution in [2.24, 2.45) is 10.9 Å². The maximum absolute atomic E-state index is 10.7. The molecule has 0 bridgehead atoms. The molecule has 0 aromatic heterocycles. The number of hydrogen-bond donors (Lipinski definition) is 1. The molecule has 23 heavy (non-hydrogen) atoms. The second-order valence-electron chi connectivity index (χ2n) is 8.96. The highest BCUT2D eigenvalue weighted by Gasteiger charge is 2.24. The smallest absolute Gasteiger partial charge is 0.128 e. The molecule has 0 radical (unpaired) electrons. The van der Waals surface area contributed by atoms with E-state index in [1.165, 1.54) is 5.56 Å². The van der Waals surface area contributed by atoms with E-state index in [0.29, 0.717) is 17.7 Å². The molecule has 0 aliphatic carbocycles. The van der Waals surface area contributed by atoms with Crippen molar-refractivity contribution in [2.75, 3.05) is 0 Å². The maximum Gasteiger partial charge on any atom is 0.128 e. The fourth-order valence-electron chi connectivity index (χ4n) is 2.69. The second kappa shape index (κ2) is 7.07. The van der Waals surface area contributed by atoms with Gasteiger partial charge in [0.15, 0.2) is 0 Å². The molecule has 130 valence electrons. The van der Waals surface area contributed by atoms with Gasteiger partial charge in [0, 0.05) is 17.3 Å². The minimum atomic E-state index is -0.101. The van der Waals surface area contributed by atoms with Crippen molar-refractivity contribution in [3.63, 3.8) is 0 Å². The fraction of sp³-hybridized carbons (Fsp3) is 0.667. The van der Waals surface area contributed by atoms with E-state index in [9.17, 15) is 5.11 Å². The van der Waals surface area contributed by atoms with Crippen LogP contribution >= 0.6 is 0 Å². The first-order chi connectivity index (χ1) is 10.4. The van der Waals surface area contributed by atoms with Gasteiger partial charge in [-0.15, -0.1) is 0 Å². The summed E-state index contributed by atoms with van der Waals surface area (Å²) in [7, 11) is 0. The SMILES string of the molecule is CCC(/N=C/c1cc(C(C)(C)C)cc(C(C)(C)C)c1O)C(C)C. The largest absolute Gasteiger partial charge is 0.507 e. The van der Waals surface area contributed by atoms with Crippen molar-refractivity contribution in [2.45, 2.75) is 85.6 Å². The zero-order valence-electron chi connectivity index (χ0n) is 16.5. The first kappa shape index (κ1) is 19.7. The minimum absolute atomic E-state index is 0.0402. The van der Waals surface area contributed by atoms with Gasteiger partial charge in [-0.2, -0.15) is 0 Å². The Bertz CT molecular complexity index is 556. The Morgan fingerprint density at radius 1 is 1.04 bits per heavy atom. The normalized spacial score (nSPS) is 14.7. The van der Waals surface area contributed by atoms with Crippen LogP contribution in [-0.4, -0.2) is 17.4 Å². The lowest BCUT2D eigenvalue weighted by Gasteiger charge is -2.27. The van der Waals surface area contributed by atoms with Gasteiger partial charge in [0.25, 0.3) is 0 Å². The minimum Gasteiger partial charge on any atom is -0.507 e. The maximum atomic E-state index is 10.7. The third kappa shape index (κ3) is 5.09. The quantitative estimate of drug-likeness (QED) is 0.695. The highest BCUT2D eigenvalue weighted by molar-refractivity contribution is 5.85. The predicted octanol–water partition coefficient (Wildman–Crippen LogP) is 5.84. The molecule has 0 saturated carbocycles. The molecule has 0 amide bonds. The fourth-order valence-corrected chi connectivity index (χ4v) is 2.69. The number of aromatic hydroxyl groups is 1. The summed E-state index contributed by atoms with van der Waals surface area (Å²) in [6.07, 6.45) is 2.88. The van der Waals surface area contributed by atoms with Crippen LogP contribution in [0.2, 0.25) is 0 Å². The van der Waals surface area contributed by atoms with Crippen LogP contribution in [0.25, 0.3) is 0 Å². The van der Waals surface area contributed by atoms with Crippen LogP contribution < -0.4 is 0 Å². The van der Waals surface area contributed by atoms with Crippen LogP contribution in [0.3, 0.4) is 0 Å². The highest BCUT2D eigenvalue weighted by atomic mass is 16.3. The van der Waals surface area contributed by atoms with Crippen LogP contribution in [0.4, 0.5) is 0 Å². The van der Waals surface area contributed by atoms with Gasteiger partial charge in [-0.3, -0.25) is 4.99 Å². The van der Waals surface area contributed by atoms with Crippen molar-refractivity contribution >= 4 is 6.21 Å². The van der Waals surface area contributed by atoms with E-state index < -0.39 is 0 Å². The van der Waals surface area contributed by atoms with Crippen molar-refractivity contribution < 1.29 is 5.11 Å². The average molecular weight is 318 g/mol. The Kier molecular flexibility index (Phi) is 6.06. The number of nitrogens with zero attached hydrogens (tertiary/aromatic N) is 1. The number of phenolic OH excluding ortho intramolecular Hbond substituents is 1. The standard InChI is InChI=1S/C21H35NO/c1-10-18(14(2)3)22-13-15-11-16(20(4,5)6)12-17(19(15)23)21(7,8)9/h11-14,18,23H,10H2,1-9H3/b22-13+. The van der Waals surface area contributed by atoms with Gasteiger partial charge in [0.05, 0.1) is 6.04 Å². The number of hydrogen-bond acceptors (Lipinski definition) is 2. The lowest BCUT2D eigenvalue weighted by Crippen LogP contribution is -2.18. The van der Waals surface area contributed by atoms with E-state index in [1.807, 2.05) is 6.21 Å². The van der Waals surface area contributed by atoms with Crippen molar-refractivity contribution in [3.8, 4) is 5.75 Å². The van der Waals surface area contributed by atoms with Crippen molar-refractivity contribution in [1.29, 1.82) is 0 Å². The summed E-state index contributed by atoms with van der Waals surface area (Å²) < 4.78 is 0. The predicted molar refractivity (Wildman–Crippen MR) is 102 cm³/mol. The van der Waals surface area contributed by atoms with Gasteiger partial charge in [-0.1, -0.05) is 68.4 Å². The van der Waals surface area contributed by atoms with Crippen molar-refractivity contribution in [3.05, 3.63) is 28.8 Å². The van der Waals surface area contributed by atoms with E-state index in [1.54, 1.807) is 0 Å². The zero-order valence-corrected chi connectivity index (χ0v) is 16.5. The van der Waals surface area contributed by atoms with E-state index in [4.69, 9.17) is 4.99 Å². The molecule has 0 spiro atoms. The van der Waals surface area contributed by atoms with Crippen LogP contribution in [-0.2, 0) is 10.8 Å². The molecule has 2 heteroatoms. The van der Waals surface area contributed by atoms with Gasteiger partial charge >= 0.3 is 0 Å². The summed E-state index contributed by atoms with van der Waals surface area (Å²) in [6, 6.07) is 4.53. The molecule has 1 unspecified atom stereocenters.